The van der Waals surface area contributed by atoms with E-state index >= 15 is 0 Å². The number of aliphatic hydroxyl groups is 1. The average molecular weight is 586 g/mol. The Bertz CT molecular complexity index is 1380. The number of nitrogens with one attached hydrogen (secondary N) is 2. The van der Waals surface area contributed by atoms with E-state index in [1.807, 2.05) is 0 Å². The Hall–Kier alpha value is -3.39. The molecule has 0 spiro atoms. The Balaban J connectivity index is 1.60. The van der Waals surface area contributed by atoms with Gasteiger partial charge in [-0.05, 0) is 55.2 Å². The number of anilines is 4. The van der Waals surface area contributed by atoms with Gasteiger partial charge in [-0.1, -0.05) is 6.07 Å². The van der Waals surface area contributed by atoms with Crippen LogP contribution in [-0.4, -0.2) is 68.9 Å². The molecule has 4 rings (SSSR count). The highest BCUT2D eigenvalue weighted by Crippen LogP contribution is 2.33. The third kappa shape index (κ3) is 7.22. The summed E-state index contributed by atoms with van der Waals surface area (Å²) in [5.74, 6) is -3.11. The molecular weight excluding hydrogens is 554 g/mol. The quantitative estimate of drug-likeness (QED) is 0.395. The molecule has 2 aromatic rings. The van der Waals surface area contributed by atoms with E-state index in [0.717, 1.165) is 5.56 Å². The van der Waals surface area contributed by atoms with Crippen molar-refractivity contribution in [3.63, 3.8) is 0 Å². The smallest absolute Gasteiger partial charge is 0.269 e. The molecule has 3 heterocycles. The number of aryl methyl sites for hydroxylation is 1. The number of hydrogen-bond donors (Lipinski definition) is 3. The van der Waals surface area contributed by atoms with E-state index in [0.29, 0.717) is 11.5 Å². The van der Waals surface area contributed by atoms with Crippen molar-refractivity contribution in [3.8, 4) is 0 Å². The molecule has 0 atom stereocenters. The van der Waals surface area contributed by atoms with Crippen LogP contribution in [0.3, 0.4) is 0 Å². The predicted octanol–water partition coefficient (Wildman–Crippen LogP) is 4.36. The second-order valence-corrected chi connectivity index (χ2v) is 11.7. The summed E-state index contributed by atoms with van der Waals surface area (Å²) in [5.41, 5.74) is 1.45. The molecule has 40 heavy (non-hydrogen) atoms. The molecule has 9 nitrogen and oxygen atoms in total. The van der Waals surface area contributed by atoms with Crippen LogP contribution in [0, 0.1) is 6.92 Å². The van der Waals surface area contributed by atoms with E-state index in [4.69, 9.17) is 5.11 Å². The number of piperidine rings is 2. The number of carbonyl (C=O) groups is 1. The molecule has 2 aliphatic rings. The van der Waals surface area contributed by atoms with Gasteiger partial charge >= 0.3 is 0 Å². The third-order valence-electron chi connectivity index (χ3n) is 6.96. The molecule has 1 amide bonds. The number of halogens is 4. The molecule has 2 fully saturated rings. The minimum absolute atomic E-state index is 0.0360. The van der Waals surface area contributed by atoms with Crippen LogP contribution in [0.15, 0.2) is 42.0 Å². The van der Waals surface area contributed by atoms with Gasteiger partial charge in [0.1, 0.15) is 11.6 Å². The molecule has 2 aliphatic heterocycles. The van der Waals surface area contributed by atoms with Gasteiger partial charge in [0, 0.05) is 39.0 Å². The van der Waals surface area contributed by atoms with Crippen molar-refractivity contribution in [1.29, 1.82) is 0 Å². The maximum absolute atomic E-state index is 13.6. The summed E-state index contributed by atoms with van der Waals surface area (Å²) >= 11 is 0. The van der Waals surface area contributed by atoms with Gasteiger partial charge in [0.15, 0.2) is 0 Å². The zero-order valence-corrected chi connectivity index (χ0v) is 22.7. The molecule has 2 saturated heterocycles. The average Bonchev–Trinajstić information content (AvgIpc) is 2.89. The van der Waals surface area contributed by atoms with Crippen LogP contribution in [0.2, 0.25) is 0 Å². The normalized spacial score (nSPS) is 17.5. The van der Waals surface area contributed by atoms with Crippen molar-refractivity contribution in [2.45, 2.75) is 38.5 Å². The number of aromatic nitrogens is 1. The molecule has 1 aromatic carbocycles. The second kappa shape index (κ2) is 12.0. The van der Waals surface area contributed by atoms with Gasteiger partial charge in [-0.15, -0.1) is 0 Å². The number of aliphatic hydroxyl groups excluding tert-OH is 1. The highest BCUT2D eigenvalue weighted by atomic mass is 32.2. The number of rotatable bonds is 8. The van der Waals surface area contributed by atoms with E-state index in [9.17, 15) is 30.8 Å². The predicted molar refractivity (Wildman–Crippen MR) is 145 cm³/mol. The van der Waals surface area contributed by atoms with E-state index in [2.05, 4.69) is 15.0 Å². The van der Waals surface area contributed by atoms with Gasteiger partial charge < -0.3 is 20.2 Å². The van der Waals surface area contributed by atoms with Gasteiger partial charge in [-0.3, -0.25) is 9.52 Å². The lowest BCUT2D eigenvalue weighted by Gasteiger charge is -2.33. The standard InChI is InChI=1S/C26H31F4N5O4S/c1-17-2-5-22(31-24(17)35-12-8-26(29,30)9-13-35)32-25(37)20-4-3-19(33-40(38,39)15-14-36)16-21(20)34-10-6-18(7-11-34)23(27)28/h2-5,16,33,36H,6-15H2,1H3,(H,31,32,37). The molecule has 0 aliphatic carbocycles. The fourth-order valence-corrected chi connectivity index (χ4v) is 5.57. The number of alkyl halides is 2. The summed E-state index contributed by atoms with van der Waals surface area (Å²) in [7, 11) is -3.85. The van der Waals surface area contributed by atoms with Gasteiger partial charge in [0.2, 0.25) is 10.0 Å². The molecule has 3 N–H and O–H groups in total. The molecule has 0 saturated carbocycles. The summed E-state index contributed by atoms with van der Waals surface area (Å²) in [5, 5.41) is 11.7. The molecule has 0 unspecified atom stereocenters. The lowest BCUT2D eigenvalue weighted by atomic mass is 10.0. The first-order valence-electron chi connectivity index (χ1n) is 12.8. The lowest BCUT2D eigenvalue weighted by Crippen LogP contribution is -2.40. The van der Waals surface area contributed by atoms with Crippen molar-refractivity contribution in [2.24, 2.45) is 0 Å². The van der Waals surface area contributed by atoms with E-state index < -0.39 is 40.3 Å². The summed E-state index contributed by atoms with van der Waals surface area (Å²) in [6.07, 6.45) is -2.13. The Labute approximate surface area is 229 Å². The number of pyridine rings is 1. The number of amides is 1. The summed E-state index contributed by atoms with van der Waals surface area (Å²) in [6.45, 7) is 1.85. The second-order valence-electron chi connectivity index (χ2n) is 9.86. The van der Waals surface area contributed by atoms with Crippen LogP contribution in [0.1, 0.15) is 41.6 Å². The van der Waals surface area contributed by atoms with Crippen molar-refractivity contribution in [1.82, 2.24) is 4.98 Å². The van der Waals surface area contributed by atoms with Crippen molar-refractivity contribution in [2.75, 3.05) is 58.4 Å². The van der Waals surface area contributed by atoms with Gasteiger partial charge in [-0.2, -0.15) is 8.78 Å². The highest BCUT2D eigenvalue weighted by molar-refractivity contribution is 7.92. The Morgan fingerprint density at radius 3 is 2.35 bits per heavy atom. The molecule has 1 aromatic heterocycles. The topological polar surface area (TPSA) is 115 Å². The van der Waals surface area contributed by atoms with Crippen LogP contribution in [-0.2, 0) is 10.0 Å². The third-order valence-corrected chi connectivity index (χ3v) is 8.22. The Morgan fingerprint density at radius 1 is 1.05 bits per heavy atom. The lowest BCUT2D eigenvalue weighted by molar-refractivity contribution is -0.0221. The minimum Gasteiger partial charge on any atom is -0.395 e. The first kappa shape index (κ1) is 29.6. The summed E-state index contributed by atoms with van der Waals surface area (Å²) in [4.78, 5) is 21.4. The molecule has 0 bridgehead atoms. The summed E-state index contributed by atoms with van der Waals surface area (Å²) in [6, 6.07) is 7.59. The van der Waals surface area contributed by atoms with E-state index in [1.54, 1.807) is 28.9 Å². The van der Waals surface area contributed by atoms with Crippen LogP contribution >= 0.6 is 0 Å². The van der Waals surface area contributed by atoms with Crippen molar-refractivity contribution in [3.05, 3.63) is 53.1 Å². The van der Waals surface area contributed by atoms with Crippen LogP contribution in [0.5, 0.6) is 0 Å². The zero-order chi connectivity index (χ0) is 29.1. The maximum Gasteiger partial charge on any atom is 0.269 e. The van der Waals surface area contributed by atoms with Gasteiger partial charge in [-0.25, -0.2) is 22.2 Å². The minimum atomic E-state index is -3.85. The fraction of sp³-hybridized carbons (Fsp3) is 0.462. The Kier molecular flexibility index (Phi) is 8.88. The molecule has 0 radical (unpaired) electrons. The number of nitrogens with zero attached hydrogens (tertiary/aromatic N) is 3. The zero-order valence-electron chi connectivity index (χ0n) is 21.9. The van der Waals surface area contributed by atoms with Gasteiger partial charge in [0.25, 0.3) is 17.9 Å². The summed E-state index contributed by atoms with van der Waals surface area (Å²) < 4.78 is 80.2. The van der Waals surface area contributed by atoms with Crippen LogP contribution < -0.4 is 19.8 Å². The molecule has 14 heteroatoms. The van der Waals surface area contributed by atoms with Crippen molar-refractivity contribution < 1.29 is 35.9 Å². The number of benzene rings is 1. The maximum atomic E-state index is 13.6. The number of carbonyl (C=O) groups excluding carboxylic acids is 1. The molecule has 218 valence electrons. The Morgan fingerprint density at radius 2 is 1.73 bits per heavy atom. The monoisotopic (exact) mass is 585 g/mol. The number of hydrogen-bond acceptors (Lipinski definition) is 7. The number of sulfonamides is 1. The fourth-order valence-electron chi connectivity index (χ4n) is 4.74. The SMILES string of the molecule is Cc1ccc(NC(=O)c2ccc(NS(=O)(=O)CCO)cc2N2CCC(=C(F)F)CC2)nc1N1CCC(F)(F)CC1. The first-order chi connectivity index (χ1) is 18.9. The van der Waals surface area contributed by atoms with Crippen molar-refractivity contribution >= 4 is 38.9 Å². The van der Waals surface area contributed by atoms with Crippen LogP contribution in [0.25, 0.3) is 0 Å². The molecular formula is C26H31F4N5O4S. The van der Waals surface area contributed by atoms with Crippen LogP contribution in [0.4, 0.5) is 40.6 Å². The first-order valence-corrected chi connectivity index (χ1v) is 14.5. The van der Waals surface area contributed by atoms with Gasteiger partial charge in [0.05, 0.1) is 29.3 Å². The van der Waals surface area contributed by atoms with E-state index in [-0.39, 0.29) is 74.5 Å². The highest BCUT2D eigenvalue weighted by Gasteiger charge is 2.35. The largest absolute Gasteiger partial charge is 0.395 e. The van der Waals surface area contributed by atoms with E-state index in [1.165, 1.54) is 18.2 Å².